The van der Waals surface area contributed by atoms with Crippen molar-refractivity contribution in [2.24, 2.45) is 5.92 Å². The Morgan fingerprint density at radius 3 is 2.35 bits per heavy atom. The van der Waals surface area contributed by atoms with Crippen LogP contribution in [0.3, 0.4) is 0 Å². The Kier molecular flexibility index (Phi) is 4.08. The highest BCUT2D eigenvalue weighted by Crippen LogP contribution is 2.38. The number of carboxylic acids is 1. The second kappa shape index (κ2) is 5.38. The van der Waals surface area contributed by atoms with E-state index >= 15 is 0 Å². The van der Waals surface area contributed by atoms with Crippen LogP contribution in [0.4, 0.5) is 0 Å². The second-order valence-corrected chi connectivity index (χ2v) is 5.94. The highest BCUT2D eigenvalue weighted by molar-refractivity contribution is 5.79. The first-order valence-electron chi connectivity index (χ1n) is 7.13. The molecule has 2 aliphatic rings. The summed E-state index contributed by atoms with van der Waals surface area (Å²) in [6.07, 6.45) is 8.85. The number of carboxylic acid groups (broad SMARTS) is 1. The van der Waals surface area contributed by atoms with Crippen LogP contribution >= 0.6 is 0 Å². The fraction of sp³-hybridized carbons (Fsp3) is 0.929. The van der Waals surface area contributed by atoms with Crippen molar-refractivity contribution in [1.29, 1.82) is 0 Å². The van der Waals surface area contributed by atoms with Gasteiger partial charge in [-0.25, -0.2) is 0 Å². The van der Waals surface area contributed by atoms with Gasteiger partial charge in [0.25, 0.3) is 0 Å². The zero-order valence-corrected chi connectivity index (χ0v) is 11.0. The van der Waals surface area contributed by atoms with Gasteiger partial charge < -0.3 is 5.11 Å². The molecule has 98 valence electrons. The topological polar surface area (TPSA) is 40.5 Å². The Labute approximate surface area is 104 Å². The third-order valence-corrected chi connectivity index (χ3v) is 4.58. The van der Waals surface area contributed by atoms with Gasteiger partial charge >= 0.3 is 5.97 Å². The maximum absolute atomic E-state index is 11.8. The lowest BCUT2D eigenvalue weighted by Crippen LogP contribution is -2.57. The molecule has 1 heterocycles. The molecule has 3 nitrogen and oxygen atoms in total. The summed E-state index contributed by atoms with van der Waals surface area (Å²) >= 11 is 0. The van der Waals surface area contributed by atoms with Crippen LogP contribution in [0.5, 0.6) is 0 Å². The van der Waals surface area contributed by atoms with Crippen LogP contribution in [0.25, 0.3) is 0 Å². The van der Waals surface area contributed by atoms with Gasteiger partial charge in [0.1, 0.15) is 5.54 Å². The van der Waals surface area contributed by atoms with Gasteiger partial charge in [-0.05, 0) is 44.7 Å². The summed E-state index contributed by atoms with van der Waals surface area (Å²) in [5, 5.41) is 9.71. The van der Waals surface area contributed by atoms with Crippen molar-refractivity contribution < 1.29 is 9.90 Å². The first-order chi connectivity index (χ1) is 8.15. The highest BCUT2D eigenvalue weighted by Gasteiger charge is 2.46. The van der Waals surface area contributed by atoms with Crippen molar-refractivity contribution in [3.8, 4) is 0 Å². The van der Waals surface area contributed by atoms with E-state index in [9.17, 15) is 9.90 Å². The largest absolute Gasteiger partial charge is 0.480 e. The van der Waals surface area contributed by atoms with E-state index in [2.05, 4.69) is 11.8 Å². The number of aliphatic carboxylic acids is 1. The van der Waals surface area contributed by atoms with Crippen LogP contribution in [0.1, 0.15) is 58.3 Å². The molecular weight excluding hydrogens is 214 g/mol. The SMILES string of the molecule is CC1CCCC(C(=O)O)(N2CCCCCC2)C1. The Bertz CT molecular complexity index is 271. The van der Waals surface area contributed by atoms with Gasteiger partial charge in [-0.3, -0.25) is 9.69 Å². The summed E-state index contributed by atoms with van der Waals surface area (Å²) in [5.41, 5.74) is -0.540. The van der Waals surface area contributed by atoms with E-state index in [1.165, 1.54) is 32.1 Å². The van der Waals surface area contributed by atoms with Crippen LogP contribution in [-0.4, -0.2) is 34.6 Å². The third kappa shape index (κ3) is 2.65. The standard InChI is InChI=1S/C14H25NO2/c1-12-7-6-8-14(11-12,13(16)17)15-9-4-2-3-5-10-15/h12H,2-11H2,1H3,(H,16,17). The Morgan fingerprint density at radius 1 is 1.18 bits per heavy atom. The maximum atomic E-state index is 11.8. The minimum absolute atomic E-state index is 0.540. The minimum Gasteiger partial charge on any atom is -0.480 e. The zero-order chi connectivity index (χ0) is 12.3. The lowest BCUT2D eigenvalue weighted by molar-refractivity contribution is -0.155. The molecule has 17 heavy (non-hydrogen) atoms. The lowest BCUT2D eigenvalue weighted by atomic mass is 9.75. The summed E-state index contributed by atoms with van der Waals surface area (Å²) in [6.45, 7) is 4.17. The van der Waals surface area contributed by atoms with E-state index in [-0.39, 0.29) is 0 Å². The second-order valence-electron chi connectivity index (χ2n) is 5.94. The fourth-order valence-corrected chi connectivity index (χ4v) is 3.64. The number of carbonyl (C=O) groups is 1. The molecule has 2 rings (SSSR count). The molecule has 0 radical (unpaired) electrons. The number of likely N-dealkylation sites (tertiary alicyclic amines) is 1. The van der Waals surface area contributed by atoms with Crippen LogP contribution in [0.15, 0.2) is 0 Å². The predicted octanol–water partition coefficient (Wildman–Crippen LogP) is 2.90. The number of nitrogens with zero attached hydrogens (tertiary/aromatic N) is 1. The molecule has 0 bridgehead atoms. The van der Waals surface area contributed by atoms with Crippen LogP contribution < -0.4 is 0 Å². The van der Waals surface area contributed by atoms with Crippen molar-refractivity contribution in [3.63, 3.8) is 0 Å². The zero-order valence-electron chi connectivity index (χ0n) is 11.0. The average Bonchev–Trinajstić information content (AvgIpc) is 2.57. The molecule has 0 amide bonds. The molecule has 0 spiro atoms. The van der Waals surface area contributed by atoms with E-state index in [4.69, 9.17) is 0 Å². The molecule has 3 heteroatoms. The molecule has 1 N–H and O–H groups in total. The Balaban J connectivity index is 2.16. The van der Waals surface area contributed by atoms with Gasteiger partial charge in [0.15, 0.2) is 0 Å². The lowest BCUT2D eigenvalue weighted by Gasteiger charge is -2.44. The Hall–Kier alpha value is -0.570. The molecule has 2 atom stereocenters. The predicted molar refractivity (Wildman–Crippen MR) is 68.0 cm³/mol. The van der Waals surface area contributed by atoms with Crippen molar-refractivity contribution in [3.05, 3.63) is 0 Å². The van der Waals surface area contributed by atoms with Gasteiger partial charge in [-0.15, -0.1) is 0 Å². The first-order valence-corrected chi connectivity index (χ1v) is 7.13. The van der Waals surface area contributed by atoms with E-state index in [0.29, 0.717) is 5.92 Å². The van der Waals surface area contributed by atoms with E-state index in [0.717, 1.165) is 32.4 Å². The molecule has 1 aliphatic heterocycles. The van der Waals surface area contributed by atoms with E-state index in [1.807, 2.05) is 0 Å². The van der Waals surface area contributed by atoms with Crippen LogP contribution in [0.2, 0.25) is 0 Å². The number of hydrogen-bond acceptors (Lipinski definition) is 2. The third-order valence-electron chi connectivity index (χ3n) is 4.58. The molecule has 1 saturated heterocycles. The van der Waals surface area contributed by atoms with E-state index in [1.54, 1.807) is 0 Å². The van der Waals surface area contributed by atoms with Crippen LogP contribution in [0, 0.1) is 5.92 Å². The van der Waals surface area contributed by atoms with Gasteiger partial charge in [-0.2, -0.15) is 0 Å². The normalized spacial score (nSPS) is 36.4. The molecule has 0 aromatic carbocycles. The molecular formula is C14H25NO2. The summed E-state index contributed by atoms with van der Waals surface area (Å²) in [7, 11) is 0. The van der Waals surface area contributed by atoms with Gasteiger partial charge in [0.05, 0.1) is 0 Å². The van der Waals surface area contributed by atoms with Gasteiger partial charge in [0, 0.05) is 0 Å². The average molecular weight is 239 g/mol. The maximum Gasteiger partial charge on any atom is 0.324 e. The molecule has 2 unspecified atom stereocenters. The summed E-state index contributed by atoms with van der Waals surface area (Å²) in [6, 6.07) is 0. The molecule has 2 fully saturated rings. The van der Waals surface area contributed by atoms with Gasteiger partial charge in [0.2, 0.25) is 0 Å². The minimum atomic E-state index is -0.578. The van der Waals surface area contributed by atoms with Crippen LogP contribution in [-0.2, 0) is 4.79 Å². The quantitative estimate of drug-likeness (QED) is 0.805. The number of rotatable bonds is 2. The summed E-state index contributed by atoms with van der Waals surface area (Å²) in [4.78, 5) is 14.1. The van der Waals surface area contributed by atoms with Crippen molar-refractivity contribution in [1.82, 2.24) is 4.90 Å². The summed E-state index contributed by atoms with van der Waals surface area (Å²) in [5.74, 6) is -0.0194. The fourth-order valence-electron chi connectivity index (χ4n) is 3.64. The smallest absolute Gasteiger partial charge is 0.324 e. The molecule has 0 aromatic rings. The summed E-state index contributed by atoms with van der Waals surface area (Å²) < 4.78 is 0. The first kappa shape index (κ1) is 12.9. The Morgan fingerprint density at radius 2 is 1.82 bits per heavy atom. The molecule has 1 aliphatic carbocycles. The molecule has 0 aromatic heterocycles. The van der Waals surface area contributed by atoms with Gasteiger partial charge in [-0.1, -0.05) is 32.6 Å². The number of hydrogen-bond donors (Lipinski definition) is 1. The van der Waals surface area contributed by atoms with Crippen molar-refractivity contribution in [2.45, 2.75) is 63.8 Å². The van der Waals surface area contributed by atoms with E-state index < -0.39 is 11.5 Å². The van der Waals surface area contributed by atoms with Crippen molar-refractivity contribution in [2.75, 3.05) is 13.1 Å². The monoisotopic (exact) mass is 239 g/mol. The van der Waals surface area contributed by atoms with Crippen molar-refractivity contribution >= 4 is 5.97 Å². The molecule has 1 saturated carbocycles. The highest BCUT2D eigenvalue weighted by atomic mass is 16.4.